The minimum atomic E-state index is -3.75. The average Bonchev–Trinajstić information content (AvgIpc) is 2.76. The van der Waals surface area contributed by atoms with Crippen LogP contribution in [-0.4, -0.2) is 19.5 Å². The summed E-state index contributed by atoms with van der Waals surface area (Å²) in [5.41, 5.74) is 2.32. The van der Waals surface area contributed by atoms with Gasteiger partial charge in [-0.3, -0.25) is 4.72 Å². The molecule has 0 aliphatic rings. The van der Waals surface area contributed by atoms with Crippen molar-refractivity contribution in [2.75, 3.05) is 4.72 Å². The Morgan fingerprint density at radius 3 is 2.25 bits per heavy atom. The molecule has 0 aliphatic heterocycles. The van der Waals surface area contributed by atoms with Crippen LogP contribution in [0.3, 0.4) is 0 Å². The van der Waals surface area contributed by atoms with Gasteiger partial charge in [0.2, 0.25) is 0 Å². The highest BCUT2D eigenvalue weighted by Gasteiger charge is 2.19. The zero-order valence-corrected chi connectivity index (χ0v) is 12.5. The number of benzene rings is 1. The van der Waals surface area contributed by atoms with Gasteiger partial charge in [-0.1, -0.05) is 6.07 Å². The standard InChI is InChI=1S/C13H13NO4S2/c1-8-3-9(2)5-11(4-8)14-20(17,18)12-6-10(7-19-12)13(15)16/h3-7,14H,1-2H3,(H,15,16). The van der Waals surface area contributed by atoms with E-state index in [0.29, 0.717) is 5.69 Å². The highest BCUT2D eigenvalue weighted by molar-refractivity contribution is 7.94. The molecule has 2 aromatic rings. The van der Waals surface area contributed by atoms with Crippen LogP contribution in [0.1, 0.15) is 21.5 Å². The molecule has 0 spiro atoms. The number of hydrogen-bond acceptors (Lipinski definition) is 4. The number of carbonyl (C=O) groups is 1. The molecular formula is C13H13NO4S2. The van der Waals surface area contributed by atoms with E-state index >= 15 is 0 Å². The molecule has 5 nitrogen and oxygen atoms in total. The number of aryl methyl sites for hydroxylation is 2. The topological polar surface area (TPSA) is 83.5 Å². The molecule has 0 atom stereocenters. The average molecular weight is 311 g/mol. The monoisotopic (exact) mass is 311 g/mol. The molecule has 1 aromatic carbocycles. The van der Waals surface area contributed by atoms with Gasteiger partial charge in [0.1, 0.15) is 4.21 Å². The number of rotatable bonds is 4. The highest BCUT2D eigenvalue weighted by Crippen LogP contribution is 2.24. The maximum absolute atomic E-state index is 12.2. The number of nitrogens with one attached hydrogen (secondary N) is 1. The van der Waals surface area contributed by atoms with Gasteiger partial charge in [-0.25, -0.2) is 13.2 Å². The van der Waals surface area contributed by atoms with E-state index in [1.165, 1.54) is 5.38 Å². The summed E-state index contributed by atoms with van der Waals surface area (Å²) in [7, 11) is -3.75. The molecule has 1 aromatic heterocycles. The van der Waals surface area contributed by atoms with E-state index in [2.05, 4.69) is 4.72 Å². The molecule has 2 rings (SSSR count). The molecule has 0 saturated carbocycles. The van der Waals surface area contributed by atoms with Crippen LogP contribution < -0.4 is 4.72 Å². The van der Waals surface area contributed by atoms with Crippen molar-refractivity contribution in [3.8, 4) is 0 Å². The molecule has 1 heterocycles. The molecule has 0 aliphatic carbocycles. The molecule has 2 N–H and O–H groups in total. The number of hydrogen-bond donors (Lipinski definition) is 2. The van der Waals surface area contributed by atoms with Gasteiger partial charge in [0, 0.05) is 11.1 Å². The summed E-state index contributed by atoms with van der Waals surface area (Å²) in [6.45, 7) is 3.75. The second kappa shape index (κ2) is 5.26. The summed E-state index contributed by atoms with van der Waals surface area (Å²) < 4.78 is 26.8. The van der Waals surface area contributed by atoms with Crippen molar-refractivity contribution in [1.82, 2.24) is 0 Å². The van der Waals surface area contributed by atoms with E-state index in [4.69, 9.17) is 5.11 Å². The first-order chi connectivity index (χ1) is 9.28. The number of carboxylic acids is 1. The molecule has 0 unspecified atom stereocenters. The van der Waals surface area contributed by atoms with Crippen LogP contribution in [0, 0.1) is 13.8 Å². The molecule has 0 radical (unpaired) electrons. The fraction of sp³-hybridized carbons (Fsp3) is 0.154. The number of thiophene rings is 1. The number of sulfonamides is 1. The Balaban J connectivity index is 2.32. The van der Waals surface area contributed by atoms with Gasteiger partial charge >= 0.3 is 5.97 Å². The Bertz CT molecular complexity index is 742. The first kappa shape index (κ1) is 14.5. The molecule has 0 amide bonds. The van der Waals surface area contributed by atoms with Gasteiger partial charge in [0.15, 0.2) is 0 Å². The molecule has 0 saturated heterocycles. The van der Waals surface area contributed by atoms with Crippen LogP contribution in [0.15, 0.2) is 33.9 Å². The highest BCUT2D eigenvalue weighted by atomic mass is 32.2. The lowest BCUT2D eigenvalue weighted by atomic mass is 10.1. The normalized spacial score (nSPS) is 11.3. The van der Waals surface area contributed by atoms with Crippen molar-refractivity contribution in [1.29, 1.82) is 0 Å². The molecule has 0 bridgehead atoms. The van der Waals surface area contributed by atoms with Crippen molar-refractivity contribution in [3.63, 3.8) is 0 Å². The molecule has 106 valence electrons. The van der Waals surface area contributed by atoms with Crippen LogP contribution in [0.4, 0.5) is 5.69 Å². The van der Waals surface area contributed by atoms with Crippen LogP contribution in [0.25, 0.3) is 0 Å². The molecular weight excluding hydrogens is 298 g/mol. The summed E-state index contributed by atoms with van der Waals surface area (Å²) in [6, 6.07) is 6.52. The van der Waals surface area contributed by atoms with E-state index in [0.717, 1.165) is 28.5 Å². The Morgan fingerprint density at radius 1 is 1.15 bits per heavy atom. The fourth-order valence-corrected chi connectivity index (χ4v) is 4.00. The van der Waals surface area contributed by atoms with Gasteiger partial charge in [-0.15, -0.1) is 11.3 Å². The zero-order chi connectivity index (χ0) is 14.9. The van der Waals surface area contributed by atoms with Crippen LogP contribution >= 0.6 is 11.3 Å². The Kier molecular flexibility index (Phi) is 3.82. The predicted molar refractivity (Wildman–Crippen MR) is 78.0 cm³/mol. The van der Waals surface area contributed by atoms with E-state index < -0.39 is 16.0 Å². The number of carboxylic acid groups (broad SMARTS) is 1. The smallest absolute Gasteiger partial charge is 0.336 e. The largest absolute Gasteiger partial charge is 0.478 e. The maximum atomic E-state index is 12.2. The van der Waals surface area contributed by atoms with Gasteiger partial charge in [0.25, 0.3) is 10.0 Å². The van der Waals surface area contributed by atoms with Gasteiger partial charge in [-0.2, -0.15) is 0 Å². The minimum absolute atomic E-state index is 0.0194. The van der Waals surface area contributed by atoms with Crippen LogP contribution in [-0.2, 0) is 10.0 Å². The molecule has 7 heteroatoms. The summed E-state index contributed by atoms with van der Waals surface area (Å²) in [5.74, 6) is -1.14. The third-order valence-electron chi connectivity index (χ3n) is 2.56. The van der Waals surface area contributed by atoms with Crippen LogP contribution in [0.2, 0.25) is 0 Å². The summed E-state index contributed by atoms with van der Waals surface area (Å²) in [5, 5.41) is 10.1. The Morgan fingerprint density at radius 2 is 1.75 bits per heavy atom. The van der Waals surface area contributed by atoms with Crippen molar-refractivity contribution in [2.45, 2.75) is 18.1 Å². The van der Waals surface area contributed by atoms with Gasteiger partial charge in [-0.05, 0) is 43.2 Å². The van der Waals surface area contributed by atoms with Crippen molar-refractivity contribution in [3.05, 3.63) is 46.3 Å². The van der Waals surface area contributed by atoms with E-state index in [9.17, 15) is 13.2 Å². The maximum Gasteiger partial charge on any atom is 0.336 e. The SMILES string of the molecule is Cc1cc(C)cc(NS(=O)(=O)c2cc(C(=O)O)cs2)c1. The third-order valence-corrected chi connectivity index (χ3v) is 5.38. The van der Waals surface area contributed by atoms with Crippen molar-refractivity contribution >= 4 is 33.0 Å². The Labute approximate surface area is 120 Å². The minimum Gasteiger partial charge on any atom is -0.478 e. The first-order valence-electron chi connectivity index (χ1n) is 5.71. The van der Waals surface area contributed by atoms with E-state index in [1.54, 1.807) is 12.1 Å². The van der Waals surface area contributed by atoms with Gasteiger partial charge < -0.3 is 5.11 Å². The fourth-order valence-electron chi connectivity index (χ4n) is 1.81. The summed E-state index contributed by atoms with van der Waals surface area (Å²) in [6.07, 6.45) is 0. The second-order valence-electron chi connectivity index (χ2n) is 4.44. The molecule has 0 fully saturated rings. The number of anilines is 1. The van der Waals surface area contributed by atoms with Crippen molar-refractivity contribution in [2.24, 2.45) is 0 Å². The van der Waals surface area contributed by atoms with Crippen molar-refractivity contribution < 1.29 is 18.3 Å². The quantitative estimate of drug-likeness (QED) is 0.909. The predicted octanol–water partition coefficient (Wildman–Crippen LogP) is 2.86. The van der Waals surface area contributed by atoms with E-state index in [-0.39, 0.29) is 9.77 Å². The first-order valence-corrected chi connectivity index (χ1v) is 8.07. The summed E-state index contributed by atoms with van der Waals surface area (Å²) in [4.78, 5) is 10.8. The Hall–Kier alpha value is -1.86. The third kappa shape index (κ3) is 3.17. The summed E-state index contributed by atoms with van der Waals surface area (Å²) >= 11 is 0.881. The zero-order valence-electron chi connectivity index (χ0n) is 10.9. The second-order valence-corrected chi connectivity index (χ2v) is 7.26. The van der Waals surface area contributed by atoms with E-state index in [1.807, 2.05) is 19.9 Å². The lowest BCUT2D eigenvalue weighted by Gasteiger charge is -2.08. The number of aromatic carboxylic acids is 1. The lowest BCUT2D eigenvalue weighted by molar-refractivity contribution is 0.0697. The molecule has 20 heavy (non-hydrogen) atoms. The lowest BCUT2D eigenvalue weighted by Crippen LogP contribution is -2.11. The van der Waals surface area contributed by atoms with Crippen LogP contribution in [0.5, 0.6) is 0 Å². The van der Waals surface area contributed by atoms with Gasteiger partial charge in [0.05, 0.1) is 5.56 Å².